The number of fused-ring (bicyclic) bond motifs is 1. The van der Waals surface area contributed by atoms with Gasteiger partial charge in [-0.15, -0.1) is 0 Å². The molecule has 2 aromatic heterocycles. The van der Waals surface area contributed by atoms with Crippen molar-refractivity contribution < 1.29 is 18.7 Å². The summed E-state index contributed by atoms with van der Waals surface area (Å²) in [5, 5.41) is 2.97. The summed E-state index contributed by atoms with van der Waals surface area (Å²) in [7, 11) is 0. The highest BCUT2D eigenvalue weighted by molar-refractivity contribution is 6.36. The van der Waals surface area contributed by atoms with Gasteiger partial charge in [0.1, 0.15) is 5.52 Å². The molecule has 0 aliphatic carbocycles. The van der Waals surface area contributed by atoms with E-state index in [-0.39, 0.29) is 16.7 Å². The van der Waals surface area contributed by atoms with E-state index in [1.807, 2.05) is 12.1 Å². The number of anilines is 1. The molecule has 0 radical (unpaired) electrons. The van der Waals surface area contributed by atoms with Crippen LogP contribution in [0.1, 0.15) is 12.8 Å². The molecular formula is C18H13Cl2N3O4. The summed E-state index contributed by atoms with van der Waals surface area (Å²) in [6.07, 6.45) is 2.76. The zero-order valence-electron chi connectivity index (χ0n) is 14.0. The van der Waals surface area contributed by atoms with Gasteiger partial charge in [0.05, 0.1) is 10.0 Å². The van der Waals surface area contributed by atoms with E-state index in [9.17, 15) is 9.59 Å². The number of carbonyl (C=O) groups is 2. The first-order valence-corrected chi connectivity index (χ1v) is 8.54. The molecule has 138 valence electrons. The van der Waals surface area contributed by atoms with Crippen molar-refractivity contribution in [3.63, 3.8) is 0 Å². The molecule has 7 nitrogen and oxygen atoms in total. The summed E-state index contributed by atoms with van der Waals surface area (Å²) in [6, 6.07) is 8.63. The van der Waals surface area contributed by atoms with Crippen molar-refractivity contribution in [3.05, 3.63) is 58.5 Å². The molecule has 1 N–H and O–H groups in total. The molecule has 0 unspecified atom stereocenters. The van der Waals surface area contributed by atoms with E-state index >= 15 is 0 Å². The van der Waals surface area contributed by atoms with Crippen LogP contribution < -0.4 is 5.32 Å². The minimum Gasteiger partial charge on any atom is -0.449 e. The number of carbonyl (C=O) groups excluding carboxylic acids is 2. The third kappa shape index (κ3) is 4.84. The van der Waals surface area contributed by atoms with Crippen LogP contribution in [-0.2, 0) is 14.3 Å². The summed E-state index contributed by atoms with van der Waals surface area (Å²) in [5.41, 5.74) is 1.27. The smallest absolute Gasteiger partial charge is 0.331 e. The Morgan fingerprint density at radius 1 is 1.30 bits per heavy atom. The minimum atomic E-state index is -1.07. The van der Waals surface area contributed by atoms with Crippen molar-refractivity contribution in [1.29, 1.82) is 0 Å². The maximum atomic E-state index is 12.1. The number of nitrogens with one attached hydrogen (secondary N) is 1. The largest absolute Gasteiger partial charge is 0.449 e. The van der Waals surface area contributed by atoms with Crippen LogP contribution in [0.5, 0.6) is 0 Å². The molecule has 0 aliphatic heterocycles. The van der Waals surface area contributed by atoms with Crippen LogP contribution in [0.25, 0.3) is 17.2 Å². The van der Waals surface area contributed by atoms with E-state index < -0.39 is 18.0 Å². The number of halogens is 2. The molecule has 1 atom stereocenters. The molecule has 1 amide bonds. The van der Waals surface area contributed by atoms with Gasteiger partial charge in [0.15, 0.2) is 17.5 Å². The molecule has 3 aromatic rings. The van der Waals surface area contributed by atoms with Gasteiger partial charge < -0.3 is 14.5 Å². The van der Waals surface area contributed by atoms with Crippen molar-refractivity contribution >= 4 is 58.1 Å². The van der Waals surface area contributed by atoms with Crippen molar-refractivity contribution in [2.24, 2.45) is 0 Å². The summed E-state index contributed by atoms with van der Waals surface area (Å²) >= 11 is 11.7. The Kier molecular flexibility index (Phi) is 5.73. The van der Waals surface area contributed by atoms with Crippen LogP contribution >= 0.6 is 23.2 Å². The van der Waals surface area contributed by atoms with E-state index in [4.69, 9.17) is 32.4 Å². The summed E-state index contributed by atoms with van der Waals surface area (Å²) in [5.74, 6) is -0.941. The first-order chi connectivity index (χ1) is 12.9. The number of amides is 1. The van der Waals surface area contributed by atoms with Crippen molar-refractivity contribution in [2.75, 3.05) is 5.32 Å². The number of para-hydroxylation sites is 2. The Morgan fingerprint density at radius 3 is 2.81 bits per heavy atom. The van der Waals surface area contributed by atoms with Gasteiger partial charge in [-0.25, -0.2) is 14.8 Å². The molecule has 0 saturated carbocycles. The number of oxazole rings is 1. The lowest BCUT2D eigenvalue weighted by atomic mass is 10.3. The zero-order chi connectivity index (χ0) is 19.4. The number of pyridine rings is 1. The number of rotatable bonds is 5. The van der Waals surface area contributed by atoms with Gasteiger partial charge in [-0.2, -0.15) is 0 Å². The van der Waals surface area contributed by atoms with Gasteiger partial charge >= 0.3 is 5.97 Å². The number of benzene rings is 1. The maximum Gasteiger partial charge on any atom is 0.331 e. The fourth-order valence-corrected chi connectivity index (χ4v) is 2.52. The third-order valence-corrected chi connectivity index (χ3v) is 3.88. The van der Waals surface area contributed by atoms with Crippen LogP contribution in [0, 0.1) is 0 Å². The van der Waals surface area contributed by atoms with E-state index in [2.05, 4.69) is 15.3 Å². The highest BCUT2D eigenvalue weighted by Crippen LogP contribution is 2.22. The quantitative estimate of drug-likeness (QED) is 0.506. The van der Waals surface area contributed by atoms with Gasteiger partial charge in [-0.1, -0.05) is 35.3 Å². The van der Waals surface area contributed by atoms with Gasteiger partial charge in [0, 0.05) is 18.3 Å². The molecule has 0 spiro atoms. The second kappa shape index (κ2) is 8.20. The van der Waals surface area contributed by atoms with E-state index in [0.717, 1.165) is 6.08 Å². The topological polar surface area (TPSA) is 94.3 Å². The Balaban J connectivity index is 1.58. The number of aromatic nitrogens is 2. The Morgan fingerprint density at radius 2 is 2.07 bits per heavy atom. The van der Waals surface area contributed by atoms with Gasteiger partial charge in [0.25, 0.3) is 5.91 Å². The molecule has 0 fully saturated rings. The lowest BCUT2D eigenvalue weighted by molar-refractivity contribution is -0.148. The Bertz CT molecular complexity index is 999. The average molecular weight is 406 g/mol. The normalized spacial score (nSPS) is 12.3. The highest BCUT2D eigenvalue weighted by Gasteiger charge is 2.18. The lowest BCUT2D eigenvalue weighted by Crippen LogP contribution is -2.29. The first-order valence-electron chi connectivity index (χ1n) is 7.78. The molecule has 1 aromatic carbocycles. The number of esters is 1. The van der Waals surface area contributed by atoms with Crippen LogP contribution in [0.2, 0.25) is 10.0 Å². The SMILES string of the molecule is C[C@@H](OC(=O)/C=C/c1nc2ccccc2o1)C(=O)Nc1ncc(Cl)cc1Cl. The van der Waals surface area contributed by atoms with E-state index in [1.165, 1.54) is 25.3 Å². The summed E-state index contributed by atoms with van der Waals surface area (Å²) < 4.78 is 10.5. The fourth-order valence-electron chi connectivity index (χ4n) is 2.09. The molecule has 0 bridgehead atoms. The number of hydrogen-bond donors (Lipinski definition) is 1. The minimum absolute atomic E-state index is 0.121. The molecule has 0 aliphatic rings. The lowest BCUT2D eigenvalue weighted by Gasteiger charge is -2.12. The molecule has 27 heavy (non-hydrogen) atoms. The second-order valence-corrected chi connectivity index (χ2v) is 6.25. The first kappa shape index (κ1) is 18.9. The average Bonchev–Trinajstić information content (AvgIpc) is 3.05. The number of ether oxygens (including phenoxy) is 1. The van der Waals surface area contributed by atoms with Gasteiger partial charge in [-0.3, -0.25) is 4.79 Å². The Hall–Kier alpha value is -2.90. The van der Waals surface area contributed by atoms with Crippen molar-refractivity contribution in [3.8, 4) is 0 Å². The standard InChI is InChI=1S/C18H13Cl2N3O4/c1-10(18(25)23-17-12(20)8-11(19)9-21-17)26-16(24)7-6-15-22-13-4-2-3-5-14(13)27-15/h2-10H,1H3,(H,21,23,25)/b7-6+/t10-/m1/s1. The van der Waals surface area contributed by atoms with E-state index in [0.29, 0.717) is 16.1 Å². The molecule has 9 heteroatoms. The monoisotopic (exact) mass is 405 g/mol. The molecule has 3 rings (SSSR count). The van der Waals surface area contributed by atoms with Crippen LogP contribution in [0.15, 0.2) is 47.0 Å². The van der Waals surface area contributed by atoms with Crippen LogP contribution in [-0.4, -0.2) is 27.9 Å². The van der Waals surface area contributed by atoms with Crippen LogP contribution in [0.4, 0.5) is 5.82 Å². The predicted molar refractivity (Wildman–Crippen MR) is 101 cm³/mol. The second-order valence-electron chi connectivity index (χ2n) is 5.41. The van der Waals surface area contributed by atoms with Crippen molar-refractivity contribution in [1.82, 2.24) is 9.97 Å². The molecular weight excluding hydrogens is 393 g/mol. The molecule has 2 heterocycles. The van der Waals surface area contributed by atoms with Gasteiger partial charge in [0.2, 0.25) is 5.89 Å². The summed E-state index contributed by atoms with van der Waals surface area (Å²) in [6.45, 7) is 1.42. The van der Waals surface area contributed by atoms with Gasteiger partial charge in [-0.05, 0) is 25.1 Å². The Labute approximate surface area is 163 Å². The number of hydrogen-bond acceptors (Lipinski definition) is 6. The van der Waals surface area contributed by atoms with Crippen molar-refractivity contribution in [2.45, 2.75) is 13.0 Å². The zero-order valence-corrected chi connectivity index (χ0v) is 15.5. The third-order valence-electron chi connectivity index (χ3n) is 3.38. The predicted octanol–water partition coefficient (Wildman–Crippen LogP) is 4.11. The summed E-state index contributed by atoms with van der Waals surface area (Å²) in [4.78, 5) is 32.1. The fraction of sp³-hybridized carbons (Fsp3) is 0.111. The highest BCUT2D eigenvalue weighted by atomic mass is 35.5. The van der Waals surface area contributed by atoms with Crippen LogP contribution in [0.3, 0.4) is 0 Å². The van der Waals surface area contributed by atoms with E-state index in [1.54, 1.807) is 12.1 Å². The maximum absolute atomic E-state index is 12.1. The number of nitrogens with zero attached hydrogens (tertiary/aromatic N) is 2. The molecule has 0 saturated heterocycles.